The zero-order chi connectivity index (χ0) is 43.5. The Kier molecular flexibility index (Phi) is 31.1. The molecular weight excluding hydrogens is 938 g/mol. The number of rotatable bonds is 6. The minimum absolute atomic E-state index is 0.167. The summed E-state index contributed by atoms with van der Waals surface area (Å²) in [6.45, 7) is 36.4. The van der Waals surface area contributed by atoms with Crippen LogP contribution < -0.4 is 0 Å². The van der Waals surface area contributed by atoms with Crippen molar-refractivity contribution in [3.63, 3.8) is 0 Å². The normalized spacial score (nSPS) is 22.2. The summed E-state index contributed by atoms with van der Waals surface area (Å²) in [4.78, 5) is 9.81. The van der Waals surface area contributed by atoms with Gasteiger partial charge in [0.05, 0.1) is 0 Å². The van der Waals surface area contributed by atoms with E-state index in [2.05, 4.69) is 14.5 Å². The molecule has 0 heterocycles. The molecule has 6 fully saturated rings. The van der Waals surface area contributed by atoms with Gasteiger partial charge in [0.1, 0.15) is 0 Å². The van der Waals surface area contributed by atoms with Crippen molar-refractivity contribution in [1.29, 1.82) is 0 Å². The Hall–Kier alpha value is 0.282. The van der Waals surface area contributed by atoms with Gasteiger partial charge >= 0.3 is 27.7 Å². The number of hydrogen-bond donors (Lipinski definition) is 0. The molecule has 0 unspecified atom stereocenters. The zero-order valence-corrected chi connectivity index (χ0v) is 44.9. The zero-order valence-electron chi connectivity index (χ0n) is 39.7. The van der Waals surface area contributed by atoms with Gasteiger partial charge in [0.15, 0.2) is 0 Å². The van der Waals surface area contributed by atoms with Gasteiger partial charge in [0.25, 0.3) is 0 Å². The van der Waals surface area contributed by atoms with E-state index >= 15 is 0 Å². The molecule has 6 aliphatic rings. The first-order valence-corrected chi connectivity index (χ1v) is 30.9. The van der Waals surface area contributed by atoms with Crippen molar-refractivity contribution in [1.82, 2.24) is 0 Å². The van der Waals surface area contributed by atoms with Gasteiger partial charge in [0, 0.05) is 62.3 Å². The molecule has 0 aliphatic heterocycles. The van der Waals surface area contributed by atoms with E-state index < -0.39 is 0 Å². The predicted octanol–water partition coefficient (Wildman–Crippen LogP) is 18.7. The van der Waals surface area contributed by atoms with E-state index in [1.807, 2.05) is 62.3 Å². The summed E-state index contributed by atoms with van der Waals surface area (Å²) in [7, 11) is 5.46. The van der Waals surface area contributed by atoms with Gasteiger partial charge in [-0.3, -0.25) is 0 Å². The van der Waals surface area contributed by atoms with Crippen LogP contribution in [-0.2, 0) is 18.2 Å². The number of hydrogen-bond acceptors (Lipinski definition) is 0. The maximum atomic E-state index is 6.48. The van der Waals surface area contributed by atoms with E-state index in [0.717, 1.165) is 0 Å². The first kappa shape index (κ1) is 56.3. The third-order valence-electron chi connectivity index (χ3n) is 13.0. The molecule has 336 valence electrons. The van der Waals surface area contributed by atoms with E-state index in [4.69, 9.17) is 29.2 Å². The van der Waals surface area contributed by atoms with E-state index in [1.165, 1.54) is 90.7 Å². The Bertz CT molecular complexity index is 923. The van der Waals surface area contributed by atoms with Crippen LogP contribution in [0.4, 0.5) is 0 Å². The Morgan fingerprint density at radius 3 is 0.500 bits per heavy atom. The van der Waals surface area contributed by atoms with Crippen molar-refractivity contribution in [3.05, 3.63) is 34.3 Å². The molecule has 0 amide bonds. The molecule has 3 nitrogen and oxygen atoms in total. The molecule has 58 heavy (non-hydrogen) atoms. The Morgan fingerprint density at radius 2 is 0.414 bits per heavy atom. The van der Waals surface area contributed by atoms with Crippen LogP contribution in [0.3, 0.4) is 0 Å². The van der Waals surface area contributed by atoms with Crippen molar-refractivity contribution >= 4 is 25.4 Å². The SMILES string of the molecule is C1CCC(P(C2CCCCC2)C2CCCCC2)CC1.C1CCC(P(C2CCCCC2)C2CCCCC2)CC1.[C-]#[N+]C(C)(C)C.[C-]#[N+]C(C)(C)C.[C-]#[N+]C(C)(C)C.[Cl][Re]. The van der Waals surface area contributed by atoms with Crippen LogP contribution in [0.25, 0.3) is 14.5 Å². The van der Waals surface area contributed by atoms with Crippen LogP contribution in [0.5, 0.6) is 0 Å². The molecule has 6 saturated carbocycles. The molecule has 0 radical (unpaired) electrons. The van der Waals surface area contributed by atoms with Crippen molar-refractivity contribution < 1.29 is 18.2 Å². The first-order valence-electron chi connectivity index (χ1n) is 24.4. The average Bonchev–Trinajstić information content (AvgIpc) is 3.24. The molecule has 6 aliphatic carbocycles. The summed E-state index contributed by atoms with van der Waals surface area (Å²) in [5, 5.41) is 0. The molecule has 6 rings (SSSR count). The second kappa shape index (κ2) is 32.0. The molecule has 0 spiro atoms. The van der Waals surface area contributed by atoms with Crippen LogP contribution >= 0.6 is 25.4 Å². The maximum absolute atomic E-state index is 6.48. The second-order valence-corrected chi connectivity index (χ2v) is 27.7. The van der Waals surface area contributed by atoms with Gasteiger partial charge in [-0.05, 0) is 111 Å². The average molecular weight is 1030 g/mol. The third-order valence-corrected chi connectivity index (χ3v) is 21.1. The molecule has 0 bridgehead atoms. The topological polar surface area (TPSA) is 13.1 Å². The standard InChI is InChI=1S/2C18H33P.3C5H9N.ClH.Re/c2*1-4-10-16(11-5-1)19(17-12-6-2-7-13-17)18-14-8-3-9-15-18;3*1-5(2,3)6-4;;/h2*16-18H,1-15H2;3*1-3H3;1H;/q;;;;;;+1/p-1. The van der Waals surface area contributed by atoms with E-state index in [0.29, 0.717) is 15.8 Å². The van der Waals surface area contributed by atoms with E-state index in [1.54, 1.807) is 154 Å². The molecule has 0 aromatic heterocycles. The van der Waals surface area contributed by atoms with Crippen molar-refractivity contribution in [2.24, 2.45) is 0 Å². The fraction of sp³-hybridized carbons (Fsp3) is 0.941. The molecule has 0 saturated heterocycles. The van der Waals surface area contributed by atoms with Crippen LogP contribution in [0.15, 0.2) is 0 Å². The van der Waals surface area contributed by atoms with E-state index in [9.17, 15) is 0 Å². The van der Waals surface area contributed by atoms with E-state index in [-0.39, 0.29) is 16.6 Å². The molecule has 0 N–H and O–H groups in total. The first-order chi connectivity index (χ1) is 27.6. The molecule has 7 heteroatoms. The van der Waals surface area contributed by atoms with Crippen molar-refractivity contribution in [2.45, 2.75) is 306 Å². The van der Waals surface area contributed by atoms with Gasteiger partial charge in [-0.2, -0.15) is 0 Å². The summed E-state index contributed by atoms with van der Waals surface area (Å²) in [6, 6.07) is 0. The second-order valence-electron chi connectivity index (χ2n) is 21.5. The fourth-order valence-corrected chi connectivity index (χ4v) is 19.4. The van der Waals surface area contributed by atoms with Gasteiger partial charge in [-0.25, -0.2) is 19.7 Å². The van der Waals surface area contributed by atoms with Crippen LogP contribution in [-0.4, -0.2) is 50.6 Å². The fourth-order valence-electron chi connectivity index (χ4n) is 10.1. The quantitative estimate of drug-likeness (QED) is 0.186. The summed E-state index contributed by atoms with van der Waals surface area (Å²) in [5.41, 5.74) is 6.64. The van der Waals surface area contributed by atoms with Crippen LogP contribution in [0.1, 0.15) is 255 Å². The summed E-state index contributed by atoms with van der Waals surface area (Å²) in [5.74, 6) is 0. The number of halogens is 1. The summed E-state index contributed by atoms with van der Waals surface area (Å²) < 4.78 is 0. The Labute approximate surface area is 381 Å². The molecule has 0 aromatic rings. The minimum atomic E-state index is -0.167. The Balaban J connectivity index is 0.000000401. The van der Waals surface area contributed by atoms with Gasteiger partial charge < -0.3 is 14.5 Å². The van der Waals surface area contributed by atoms with Crippen molar-refractivity contribution in [2.75, 3.05) is 0 Å². The molecular formula is C51H93ClN3P2Re. The summed E-state index contributed by atoms with van der Waals surface area (Å²) in [6.07, 6.45) is 47.2. The third kappa shape index (κ3) is 26.0. The monoisotopic (exact) mass is 1030 g/mol. The van der Waals surface area contributed by atoms with Gasteiger partial charge in [-0.15, -0.1) is 0 Å². The van der Waals surface area contributed by atoms with Crippen LogP contribution in [0, 0.1) is 19.7 Å². The summed E-state index contributed by atoms with van der Waals surface area (Å²) >= 11 is 1.19. The number of nitrogens with zero attached hydrogens (tertiary/aromatic N) is 3. The van der Waals surface area contributed by atoms with Gasteiger partial charge in [0.2, 0.25) is 16.6 Å². The van der Waals surface area contributed by atoms with Crippen molar-refractivity contribution in [3.8, 4) is 0 Å². The predicted molar refractivity (Wildman–Crippen MR) is 260 cm³/mol. The van der Waals surface area contributed by atoms with Gasteiger partial charge in [-0.1, -0.05) is 131 Å². The Morgan fingerprint density at radius 1 is 0.310 bits per heavy atom. The molecule has 0 atom stereocenters. The molecule has 0 aromatic carbocycles. The van der Waals surface area contributed by atoms with Crippen LogP contribution in [0.2, 0.25) is 0 Å².